The molecule has 1 atom stereocenters. The third kappa shape index (κ3) is 3.87. The number of H-pyrrole nitrogens is 1. The third-order valence-corrected chi connectivity index (χ3v) is 6.59. The van der Waals surface area contributed by atoms with Crippen LogP contribution in [-0.2, 0) is 0 Å². The molecule has 35 heavy (non-hydrogen) atoms. The first-order valence-electron chi connectivity index (χ1n) is 11.4. The highest BCUT2D eigenvalue weighted by Crippen LogP contribution is 2.44. The first kappa shape index (κ1) is 23.1. The predicted molar refractivity (Wildman–Crippen MR) is 134 cm³/mol. The van der Waals surface area contributed by atoms with Crippen molar-refractivity contribution in [3.8, 4) is 11.1 Å². The van der Waals surface area contributed by atoms with Crippen molar-refractivity contribution in [3.05, 3.63) is 47.9 Å². The lowest BCUT2D eigenvalue weighted by molar-refractivity contribution is 0.146. The van der Waals surface area contributed by atoms with Crippen LogP contribution in [-0.4, -0.2) is 60.6 Å². The zero-order valence-corrected chi connectivity index (χ0v) is 19.5. The van der Waals surface area contributed by atoms with E-state index < -0.39 is 17.3 Å². The van der Waals surface area contributed by atoms with Gasteiger partial charge in [-0.25, -0.2) is 18.2 Å². The van der Waals surface area contributed by atoms with E-state index in [0.717, 1.165) is 11.6 Å². The molecule has 4 aromatic rings. The van der Waals surface area contributed by atoms with Crippen LogP contribution in [0.1, 0.15) is 18.4 Å². The van der Waals surface area contributed by atoms with Gasteiger partial charge in [-0.1, -0.05) is 0 Å². The van der Waals surface area contributed by atoms with Crippen molar-refractivity contribution < 1.29 is 13.2 Å². The van der Waals surface area contributed by atoms with Crippen molar-refractivity contribution in [2.45, 2.75) is 18.5 Å². The minimum absolute atomic E-state index is 0.0294. The normalized spacial score (nSPS) is 18.7. The molecule has 1 aliphatic rings. The molecule has 7 nitrogen and oxygen atoms in total. The number of nitrogens with zero attached hydrogens (tertiary/aromatic N) is 4. The molecule has 0 aliphatic carbocycles. The van der Waals surface area contributed by atoms with E-state index in [9.17, 15) is 4.39 Å². The van der Waals surface area contributed by atoms with Gasteiger partial charge in [-0.05, 0) is 18.9 Å². The molecular formula is C25H26F3N7. The Morgan fingerprint density at radius 3 is 2.83 bits per heavy atom. The monoisotopic (exact) mass is 481 g/mol. The van der Waals surface area contributed by atoms with Gasteiger partial charge in [0.05, 0.1) is 34.2 Å². The molecule has 3 aromatic heterocycles. The summed E-state index contributed by atoms with van der Waals surface area (Å²) in [4.78, 5) is 17.9. The van der Waals surface area contributed by atoms with Crippen LogP contribution in [0.3, 0.4) is 0 Å². The maximum Gasteiger partial charge on any atom is 0.169 e. The van der Waals surface area contributed by atoms with Crippen molar-refractivity contribution in [3.63, 3.8) is 0 Å². The average Bonchev–Trinajstić information content (AvgIpc) is 3.26. The number of rotatable bonds is 5. The number of halogens is 3. The summed E-state index contributed by atoms with van der Waals surface area (Å²) in [7, 11) is 3.29. The maximum absolute atomic E-state index is 15.5. The number of alkyl halides is 1. The lowest BCUT2D eigenvalue weighted by Gasteiger charge is -2.39. The zero-order valence-electron chi connectivity index (χ0n) is 19.5. The number of benzene rings is 1. The van der Waals surface area contributed by atoms with Crippen LogP contribution in [0.25, 0.3) is 33.1 Å². The van der Waals surface area contributed by atoms with Gasteiger partial charge in [0.1, 0.15) is 11.3 Å². The largest absolute Gasteiger partial charge is 0.386 e. The Labute approximate surface area is 200 Å². The van der Waals surface area contributed by atoms with E-state index in [1.807, 2.05) is 11.0 Å². The molecule has 0 spiro atoms. The number of aromatic nitrogens is 3. The molecule has 4 heterocycles. The SMILES string of the molecule is CN=Cc1cncc(-c2cnc3[nH]c4c(NC)cc(F)c(F)c4c3c2N2CCCC(F)(CN)C2)c1. The second kappa shape index (κ2) is 8.84. The number of anilines is 2. The van der Waals surface area contributed by atoms with Crippen LogP contribution in [0.5, 0.6) is 0 Å². The highest BCUT2D eigenvalue weighted by atomic mass is 19.2. The molecule has 0 saturated carbocycles. The van der Waals surface area contributed by atoms with E-state index in [1.165, 1.54) is 0 Å². The summed E-state index contributed by atoms with van der Waals surface area (Å²) >= 11 is 0. The quantitative estimate of drug-likeness (QED) is 0.367. The van der Waals surface area contributed by atoms with Crippen molar-refractivity contribution in [2.75, 3.05) is 43.9 Å². The van der Waals surface area contributed by atoms with Gasteiger partial charge in [-0.3, -0.25) is 9.98 Å². The Balaban J connectivity index is 1.87. The number of pyridine rings is 2. The fourth-order valence-corrected chi connectivity index (χ4v) is 4.95. The van der Waals surface area contributed by atoms with Gasteiger partial charge in [0.15, 0.2) is 11.6 Å². The fraction of sp³-hybridized carbons (Fsp3) is 0.320. The molecule has 182 valence electrons. The summed E-state index contributed by atoms with van der Waals surface area (Å²) in [6.07, 6.45) is 7.57. The standard InChI is InChI=1S/C25H26F3N7/c1-30-8-14-6-15(10-32-9-14)16-11-33-24-20(23(16)35-5-3-4-25(28,12-29)13-35)19-21(27)17(26)7-18(31-2)22(19)34-24/h6-11,31H,3-5,12-13,29H2,1-2H3,(H,33,34). The molecule has 1 saturated heterocycles. The Morgan fingerprint density at radius 2 is 2.09 bits per heavy atom. The topological polar surface area (TPSA) is 95.2 Å². The van der Waals surface area contributed by atoms with E-state index in [-0.39, 0.29) is 18.5 Å². The van der Waals surface area contributed by atoms with Gasteiger partial charge in [-0.2, -0.15) is 0 Å². The van der Waals surface area contributed by atoms with Crippen LogP contribution in [0.4, 0.5) is 24.5 Å². The van der Waals surface area contributed by atoms with Crippen molar-refractivity contribution in [2.24, 2.45) is 10.7 Å². The highest BCUT2D eigenvalue weighted by Gasteiger charge is 2.36. The number of aliphatic imine (C=N–C) groups is 1. The number of piperidine rings is 1. The van der Waals surface area contributed by atoms with Crippen LogP contribution in [0.15, 0.2) is 35.7 Å². The zero-order chi connectivity index (χ0) is 24.7. The van der Waals surface area contributed by atoms with Crippen LogP contribution in [0, 0.1) is 11.6 Å². The smallest absolute Gasteiger partial charge is 0.169 e. The Morgan fingerprint density at radius 1 is 1.26 bits per heavy atom. The molecule has 1 fully saturated rings. The lowest BCUT2D eigenvalue weighted by atomic mass is 9.92. The number of aromatic amines is 1. The summed E-state index contributed by atoms with van der Waals surface area (Å²) in [5.74, 6) is -1.97. The van der Waals surface area contributed by atoms with Gasteiger partial charge in [0, 0.05) is 74.7 Å². The van der Waals surface area contributed by atoms with E-state index in [4.69, 9.17) is 5.73 Å². The number of nitrogens with two attached hydrogens (primary N) is 1. The summed E-state index contributed by atoms with van der Waals surface area (Å²) in [5, 5.41) is 3.36. The molecule has 5 rings (SSSR count). The van der Waals surface area contributed by atoms with Crippen LogP contribution >= 0.6 is 0 Å². The molecule has 0 amide bonds. The summed E-state index contributed by atoms with van der Waals surface area (Å²) < 4.78 is 45.5. The second-order valence-corrected chi connectivity index (χ2v) is 8.86. The third-order valence-electron chi connectivity index (χ3n) is 6.59. The van der Waals surface area contributed by atoms with Gasteiger partial charge in [0.25, 0.3) is 0 Å². The van der Waals surface area contributed by atoms with E-state index in [0.29, 0.717) is 58.4 Å². The van der Waals surface area contributed by atoms with E-state index in [2.05, 4.69) is 25.3 Å². The second-order valence-electron chi connectivity index (χ2n) is 8.86. The molecule has 1 aliphatic heterocycles. The van der Waals surface area contributed by atoms with Crippen molar-refractivity contribution in [1.82, 2.24) is 15.0 Å². The van der Waals surface area contributed by atoms with E-state index in [1.54, 1.807) is 38.9 Å². The lowest BCUT2D eigenvalue weighted by Crippen LogP contribution is -2.49. The number of hydrogen-bond donors (Lipinski definition) is 3. The van der Waals surface area contributed by atoms with Crippen molar-refractivity contribution in [1.29, 1.82) is 0 Å². The highest BCUT2D eigenvalue weighted by molar-refractivity contribution is 6.18. The Hall–Kier alpha value is -3.66. The molecule has 1 aromatic carbocycles. The Kier molecular flexibility index (Phi) is 5.84. The minimum atomic E-state index is -1.59. The number of hydrogen-bond acceptors (Lipinski definition) is 6. The summed E-state index contributed by atoms with van der Waals surface area (Å²) in [6.45, 7) is 0.434. The van der Waals surface area contributed by atoms with Crippen LogP contribution < -0.4 is 16.0 Å². The number of nitrogens with one attached hydrogen (secondary N) is 2. The molecule has 0 bridgehead atoms. The number of fused-ring (bicyclic) bond motifs is 3. The van der Waals surface area contributed by atoms with Crippen LogP contribution in [0.2, 0.25) is 0 Å². The van der Waals surface area contributed by atoms with Gasteiger partial charge in [0.2, 0.25) is 0 Å². The first-order valence-corrected chi connectivity index (χ1v) is 11.4. The Bertz CT molecular complexity index is 1450. The minimum Gasteiger partial charge on any atom is -0.386 e. The summed E-state index contributed by atoms with van der Waals surface area (Å²) in [5.41, 5.74) is 8.02. The molecule has 1 unspecified atom stereocenters. The van der Waals surface area contributed by atoms with Gasteiger partial charge in [-0.15, -0.1) is 0 Å². The predicted octanol–water partition coefficient (Wildman–Crippen LogP) is 4.41. The molecule has 10 heteroatoms. The fourth-order valence-electron chi connectivity index (χ4n) is 4.95. The first-order chi connectivity index (χ1) is 16.9. The van der Waals surface area contributed by atoms with E-state index >= 15 is 8.78 Å². The molecular weight excluding hydrogens is 455 g/mol. The van der Waals surface area contributed by atoms with Gasteiger partial charge >= 0.3 is 0 Å². The maximum atomic E-state index is 15.5. The van der Waals surface area contributed by atoms with Crippen molar-refractivity contribution >= 4 is 39.5 Å². The average molecular weight is 482 g/mol. The summed E-state index contributed by atoms with van der Waals surface area (Å²) in [6, 6.07) is 2.99. The molecule has 0 radical (unpaired) electrons. The molecule has 4 N–H and O–H groups in total. The van der Waals surface area contributed by atoms with Gasteiger partial charge < -0.3 is 20.9 Å².